The Morgan fingerprint density at radius 2 is 1.73 bits per heavy atom. The Labute approximate surface area is 237 Å². The van der Waals surface area contributed by atoms with Gasteiger partial charge in [-0.25, -0.2) is 18.7 Å². The van der Waals surface area contributed by atoms with Gasteiger partial charge in [-0.1, -0.05) is 12.1 Å². The fraction of sp³-hybridized carbons (Fsp3) is 0.586. The molecule has 0 spiro atoms. The molecular formula is C29H36F2N8O2. The molecule has 12 heteroatoms. The summed E-state index contributed by atoms with van der Waals surface area (Å²) in [5.74, 6) is -1.30. The van der Waals surface area contributed by atoms with Gasteiger partial charge in [-0.3, -0.25) is 9.47 Å². The van der Waals surface area contributed by atoms with E-state index in [1.807, 2.05) is 49.7 Å². The number of aliphatic hydroxyl groups is 1. The zero-order valence-electron chi connectivity index (χ0n) is 23.7. The van der Waals surface area contributed by atoms with E-state index in [0.717, 1.165) is 31.8 Å². The first kappa shape index (κ1) is 26.7. The van der Waals surface area contributed by atoms with Crippen LogP contribution in [0.15, 0.2) is 24.3 Å². The van der Waals surface area contributed by atoms with E-state index in [2.05, 4.69) is 14.8 Å². The molecule has 10 nitrogen and oxygen atoms in total. The standard InChI is InChI=1S/C29H36F2N8O2/c1-28(2,40)18-8-10-37(11-9-18)17-22-33-23-25(36(22)3)34-27(35-26(23)38-12-14-41-15-13-38)39-21-7-5-4-6-20(21)32-24(39)19-16-29(19,30)31/h4-7,18-19,40H,8-17H2,1-3H3/t19-/m0/s1. The van der Waals surface area contributed by atoms with Crippen molar-refractivity contribution in [1.29, 1.82) is 0 Å². The van der Waals surface area contributed by atoms with Crippen LogP contribution in [-0.4, -0.2) is 90.0 Å². The van der Waals surface area contributed by atoms with Crippen molar-refractivity contribution in [2.75, 3.05) is 44.3 Å². The molecule has 5 heterocycles. The molecule has 3 fully saturated rings. The monoisotopic (exact) mass is 566 g/mol. The van der Waals surface area contributed by atoms with Gasteiger partial charge in [-0.2, -0.15) is 9.97 Å². The topological polar surface area (TPSA) is 97.4 Å². The molecule has 1 aromatic carbocycles. The summed E-state index contributed by atoms with van der Waals surface area (Å²) in [5.41, 5.74) is 2.02. The summed E-state index contributed by atoms with van der Waals surface area (Å²) in [6, 6.07) is 7.44. The zero-order chi connectivity index (χ0) is 28.5. The maximum Gasteiger partial charge on any atom is 0.259 e. The summed E-state index contributed by atoms with van der Waals surface area (Å²) in [4.78, 5) is 24.1. The second-order valence-corrected chi connectivity index (χ2v) is 12.2. The minimum absolute atomic E-state index is 0.227. The smallest absolute Gasteiger partial charge is 0.259 e. The molecule has 0 radical (unpaired) electrons. The third-order valence-corrected chi connectivity index (χ3v) is 8.97. The molecule has 0 unspecified atom stereocenters. The van der Waals surface area contributed by atoms with Crippen LogP contribution in [-0.2, 0) is 18.3 Å². The van der Waals surface area contributed by atoms with E-state index in [-0.39, 0.29) is 12.3 Å². The van der Waals surface area contributed by atoms with Gasteiger partial charge in [0, 0.05) is 26.6 Å². The van der Waals surface area contributed by atoms with Crippen molar-refractivity contribution in [3.63, 3.8) is 0 Å². The molecule has 0 bridgehead atoms. The quantitative estimate of drug-likeness (QED) is 0.378. The molecule has 41 heavy (non-hydrogen) atoms. The number of para-hydroxylation sites is 2. The minimum atomic E-state index is -2.78. The van der Waals surface area contributed by atoms with Gasteiger partial charge in [0.05, 0.1) is 42.3 Å². The number of alkyl halides is 2. The van der Waals surface area contributed by atoms with E-state index < -0.39 is 17.4 Å². The Morgan fingerprint density at radius 3 is 2.41 bits per heavy atom. The van der Waals surface area contributed by atoms with Crippen LogP contribution in [0.2, 0.25) is 0 Å². The van der Waals surface area contributed by atoms with Crippen LogP contribution in [0.1, 0.15) is 50.7 Å². The number of hydrogen-bond donors (Lipinski definition) is 1. The second-order valence-electron chi connectivity index (χ2n) is 12.2. The van der Waals surface area contributed by atoms with Gasteiger partial charge in [-0.15, -0.1) is 0 Å². The third-order valence-electron chi connectivity index (χ3n) is 8.97. The average Bonchev–Trinajstić information content (AvgIpc) is 3.27. The van der Waals surface area contributed by atoms with Crippen LogP contribution < -0.4 is 4.90 Å². The van der Waals surface area contributed by atoms with E-state index in [4.69, 9.17) is 19.7 Å². The van der Waals surface area contributed by atoms with Crippen molar-refractivity contribution in [3.8, 4) is 5.95 Å². The maximum absolute atomic E-state index is 14.4. The van der Waals surface area contributed by atoms with Gasteiger partial charge in [0.15, 0.2) is 17.0 Å². The first-order valence-corrected chi connectivity index (χ1v) is 14.5. The molecule has 3 aromatic heterocycles. The number of anilines is 1. The molecular weight excluding hydrogens is 530 g/mol. The second kappa shape index (κ2) is 9.67. The average molecular weight is 567 g/mol. The van der Waals surface area contributed by atoms with Crippen LogP contribution >= 0.6 is 0 Å². The summed E-state index contributed by atoms with van der Waals surface area (Å²) in [5, 5.41) is 10.5. The SMILES string of the molecule is Cn1c(CN2CCC(C(C)(C)O)CC2)nc2c(N3CCOCC3)nc(-n3c([C@@H]4CC4(F)F)nc4ccccc43)nc21. The van der Waals surface area contributed by atoms with Gasteiger partial charge in [0.25, 0.3) is 5.92 Å². The number of halogens is 2. The predicted octanol–water partition coefficient (Wildman–Crippen LogP) is 3.64. The number of ether oxygens (including phenoxy) is 1. The molecule has 2 aliphatic heterocycles. The lowest BCUT2D eigenvalue weighted by molar-refractivity contribution is -0.0139. The Kier molecular flexibility index (Phi) is 6.29. The lowest BCUT2D eigenvalue weighted by atomic mass is 9.83. The minimum Gasteiger partial charge on any atom is -0.390 e. The van der Waals surface area contributed by atoms with Crippen molar-refractivity contribution in [2.24, 2.45) is 13.0 Å². The van der Waals surface area contributed by atoms with Crippen molar-refractivity contribution in [1.82, 2.24) is 34.0 Å². The van der Waals surface area contributed by atoms with E-state index >= 15 is 0 Å². The molecule has 3 aliphatic rings. The van der Waals surface area contributed by atoms with Crippen LogP contribution in [0, 0.1) is 5.92 Å². The number of nitrogens with zero attached hydrogens (tertiary/aromatic N) is 8. The molecule has 218 valence electrons. The summed E-state index contributed by atoms with van der Waals surface area (Å²) in [6.45, 7) is 8.64. The molecule has 1 aliphatic carbocycles. The first-order valence-electron chi connectivity index (χ1n) is 14.5. The van der Waals surface area contributed by atoms with Crippen LogP contribution in [0.25, 0.3) is 28.1 Å². The fourth-order valence-electron chi connectivity index (χ4n) is 6.30. The van der Waals surface area contributed by atoms with Gasteiger partial charge in [-0.05, 0) is 57.8 Å². The molecule has 2 saturated heterocycles. The van der Waals surface area contributed by atoms with E-state index in [1.54, 1.807) is 4.57 Å². The maximum atomic E-state index is 14.4. The molecule has 7 rings (SSSR count). The van der Waals surface area contributed by atoms with Gasteiger partial charge in [0.1, 0.15) is 11.6 Å². The lowest BCUT2D eigenvalue weighted by Crippen LogP contribution is -2.41. The van der Waals surface area contributed by atoms with E-state index in [0.29, 0.717) is 72.6 Å². The highest BCUT2D eigenvalue weighted by molar-refractivity contribution is 5.86. The first-order chi connectivity index (χ1) is 19.6. The van der Waals surface area contributed by atoms with Crippen LogP contribution in [0.3, 0.4) is 0 Å². The number of aromatic nitrogens is 6. The summed E-state index contributed by atoms with van der Waals surface area (Å²) >= 11 is 0. The summed E-state index contributed by atoms with van der Waals surface area (Å²) in [6.07, 6.45) is 1.63. The van der Waals surface area contributed by atoms with Crippen LogP contribution in [0.4, 0.5) is 14.6 Å². The Bertz CT molecular complexity index is 1600. The van der Waals surface area contributed by atoms with Gasteiger partial charge in [0.2, 0.25) is 5.95 Å². The molecule has 1 atom stereocenters. The third kappa shape index (κ3) is 4.75. The number of morpholine rings is 1. The lowest BCUT2D eigenvalue weighted by Gasteiger charge is -2.37. The number of benzene rings is 1. The fourth-order valence-corrected chi connectivity index (χ4v) is 6.30. The van der Waals surface area contributed by atoms with Gasteiger partial charge >= 0.3 is 0 Å². The Hall–Kier alpha value is -3.22. The molecule has 4 aromatic rings. The number of likely N-dealkylation sites (tertiary alicyclic amines) is 1. The predicted molar refractivity (Wildman–Crippen MR) is 151 cm³/mol. The van der Waals surface area contributed by atoms with Crippen molar-refractivity contribution in [2.45, 2.75) is 57.1 Å². The van der Waals surface area contributed by atoms with Crippen molar-refractivity contribution >= 4 is 28.0 Å². The number of aryl methyl sites for hydroxylation is 1. The van der Waals surface area contributed by atoms with Crippen molar-refractivity contribution < 1.29 is 18.6 Å². The number of rotatable bonds is 6. The molecule has 1 N–H and O–H groups in total. The summed E-state index contributed by atoms with van der Waals surface area (Å²) in [7, 11) is 1.95. The van der Waals surface area contributed by atoms with Gasteiger partial charge < -0.3 is 19.3 Å². The van der Waals surface area contributed by atoms with E-state index in [1.165, 1.54) is 0 Å². The summed E-state index contributed by atoms with van der Waals surface area (Å²) < 4.78 is 38.0. The highest BCUT2D eigenvalue weighted by Crippen LogP contribution is 2.56. The number of fused-ring (bicyclic) bond motifs is 2. The normalized spacial score (nSPS) is 22.2. The zero-order valence-corrected chi connectivity index (χ0v) is 23.7. The molecule has 1 saturated carbocycles. The van der Waals surface area contributed by atoms with E-state index in [9.17, 15) is 13.9 Å². The number of piperidine rings is 1. The highest BCUT2D eigenvalue weighted by Gasteiger charge is 2.60. The van der Waals surface area contributed by atoms with Crippen molar-refractivity contribution in [3.05, 3.63) is 35.9 Å². The highest BCUT2D eigenvalue weighted by atomic mass is 19.3. The Morgan fingerprint density at radius 1 is 1.02 bits per heavy atom. The largest absolute Gasteiger partial charge is 0.390 e. The molecule has 0 amide bonds. The number of hydrogen-bond acceptors (Lipinski definition) is 8. The van der Waals surface area contributed by atoms with Crippen LogP contribution in [0.5, 0.6) is 0 Å². The number of imidazole rings is 2. The Balaban J connectivity index is 1.32.